The van der Waals surface area contributed by atoms with Crippen LogP contribution in [-0.2, 0) is 11.3 Å². The number of aromatic nitrogens is 2. The Morgan fingerprint density at radius 2 is 1.95 bits per heavy atom. The first kappa shape index (κ1) is 14.2. The summed E-state index contributed by atoms with van der Waals surface area (Å²) in [6, 6.07) is 7.80. The minimum atomic E-state index is -0.510. The maximum absolute atomic E-state index is 11.6. The molecule has 0 unspecified atom stereocenters. The van der Waals surface area contributed by atoms with Gasteiger partial charge in [0.1, 0.15) is 11.4 Å². The fourth-order valence-corrected chi connectivity index (χ4v) is 1.84. The quantitative estimate of drug-likeness (QED) is 0.913. The third kappa shape index (κ3) is 3.66. The zero-order valence-corrected chi connectivity index (χ0v) is 12.2. The Morgan fingerprint density at radius 1 is 1.25 bits per heavy atom. The number of hydrogen-bond donors (Lipinski definition) is 1. The third-order valence-electron chi connectivity index (χ3n) is 2.63. The van der Waals surface area contributed by atoms with Gasteiger partial charge < -0.3 is 10.1 Å². The van der Waals surface area contributed by atoms with E-state index < -0.39 is 11.7 Å². The van der Waals surface area contributed by atoms with Crippen molar-refractivity contribution in [3.63, 3.8) is 0 Å². The summed E-state index contributed by atoms with van der Waals surface area (Å²) >= 11 is 0. The number of para-hydroxylation sites is 1. The summed E-state index contributed by atoms with van der Waals surface area (Å²) in [6.45, 7) is 7.65. The van der Waals surface area contributed by atoms with Crippen molar-refractivity contribution in [3.05, 3.63) is 35.8 Å². The fraction of sp³-hybridized carbons (Fsp3) is 0.400. The molecular formula is C15H19N3O2. The smallest absolute Gasteiger partial charge is 0.408 e. The Kier molecular flexibility index (Phi) is 3.88. The number of nitrogens with zero attached hydrogens (tertiary/aromatic N) is 2. The van der Waals surface area contributed by atoms with Gasteiger partial charge in [-0.2, -0.15) is 0 Å². The second kappa shape index (κ2) is 5.45. The highest BCUT2D eigenvalue weighted by molar-refractivity contribution is 5.80. The van der Waals surface area contributed by atoms with Crippen LogP contribution in [0, 0.1) is 6.92 Å². The molecule has 0 radical (unpaired) electrons. The predicted octanol–water partition coefficient (Wildman–Crippen LogP) is 2.96. The van der Waals surface area contributed by atoms with Crippen LogP contribution in [0.25, 0.3) is 10.9 Å². The molecule has 2 rings (SSSR count). The van der Waals surface area contributed by atoms with Crippen LogP contribution in [-0.4, -0.2) is 21.7 Å². The fourth-order valence-electron chi connectivity index (χ4n) is 1.84. The number of aryl methyl sites for hydroxylation is 1. The number of hydrogen-bond acceptors (Lipinski definition) is 4. The van der Waals surface area contributed by atoms with E-state index in [0.29, 0.717) is 5.82 Å². The maximum atomic E-state index is 11.6. The molecule has 1 aromatic heterocycles. The van der Waals surface area contributed by atoms with Gasteiger partial charge in [0.05, 0.1) is 12.1 Å². The van der Waals surface area contributed by atoms with Crippen LogP contribution in [0.4, 0.5) is 4.79 Å². The molecule has 5 heteroatoms. The molecule has 106 valence electrons. The molecule has 0 aliphatic rings. The van der Waals surface area contributed by atoms with E-state index in [1.54, 1.807) is 0 Å². The third-order valence-corrected chi connectivity index (χ3v) is 2.63. The second-order valence-electron chi connectivity index (χ2n) is 5.60. The number of carbonyl (C=O) groups is 1. The summed E-state index contributed by atoms with van der Waals surface area (Å²) in [4.78, 5) is 20.4. The standard InChI is InChI=1S/C15H19N3O2/c1-10-11-7-5-6-8-12(11)18-13(17-10)9-16-14(19)20-15(2,3)4/h5-8H,9H2,1-4H3,(H,16,19). The minimum Gasteiger partial charge on any atom is -0.444 e. The van der Waals surface area contributed by atoms with Crippen molar-refractivity contribution >= 4 is 17.0 Å². The van der Waals surface area contributed by atoms with Crippen molar-refractivity contribution in [1.82, 2.24) is 15.3 Å². The van der Waals surface area contributed by atoms with Gasteiger partial charge in [-0.15, -0.1) is 0 Å². The normalized spacial score (nSPS) is 11.4. The van der Waals surface area contributed by atoms with Crippen molar-refractivity contribution in [3.8, 4) is 0 Å². The molecule has 1 heterocycles. The zero-order valence-electron chi connectivity index (χ0n) is 12.2. The molecule has 1 N–H and O–H groups in total. The SMILES string of the molecule is Cc1nc(CNC(=O)OC(C)(C)C)nc2ccccc12. The van der Waals surface area contributed by atoms with Gasteiger partial charge in [0, 0.05) is 11.1 Å². The molecule has 1 aromatic carbocycles. The van der Waals surface area contributed by atoms with Crippen molar-refractivity contribution in [2.45, 2.75) is 39.8 Å². The highest BCUT2D eigenvalue weighted by atomic mass is 16.6. The predicted molar refractivity (Wildman–Crippen MR) is 77.3 cm³/mol. The Bertz CT molecular complexity index is 633. The van der Waals surface area contributed by atoms with Gasteiger partial charge in [-0.1, -0.05) is 18.2 Å². The molecule has 20 heavy (non-hydrogen) atoms. The van der Waals surface area contributed by atoms with Gasteiger partial charge in [0.2, 0.25) is 0 Å². The van der Waals surface area contributed by atoms with E-state index in [-0.39, 0.29) is 6.54 Å². The summed E-state index contributed by atoms with van der Waals surface area (Å²) in [7, 11) is 0. The van der Waals surface area contributed by atoms with Crippen molar-refractivity contribution in [2.75, 3.05) is 0 Å². The van der Waals surface area contributed by atoms with Crippen LogP contribution in [0.1, 0.15) is 32.3 Å². The molecule has 2 aromatic rings. The second-order valence-corrected chi connectivity index (χ2v) is 5.60. The lowest BCUT2D eigenvalue weighted by Gasteiger charge is -2.19. The van der Waals surface area contributed by atoms with E-state index in [1.807, 2.05) is 52.0 Å². The number of carbonyl (C=O) groups excluding carboxylic acids is 1. The van der Waals surface area contributed by atoms with Gasteiger partial charge in [0.25, 0.3) is 0 Å². The number of fused-ring (bicyclic) bond motifs is 1. The number of ether oxygens (including phenoxy) is 1. The highest BCUT2D eigenvalue weighted by Gasteiger charge is 2.16. The minimum absolute atomic E-state index is 0.251. The Balaban J connectivity index is 2.09. The molecule has 5 nitrogen and oxygen atoms in total. The molecule has 0 spiro atoms. The van der Waals surface area contributed by atoms with Gasteiger partial charge in [-0.05, 0) is 33.8 Å². The summed E-state index contributed by atoms with van der Waals surface area (Å²) in [5.74, 6) is 0.576. The lowest BCUT2D eigenvalue weighted by molar-refractivity contribution is 0.0522. The van der Waals surface area contributed by atoms with Crippen LogP contribution in [0.15, 0.2) is 24.3 Å². The van der Waals surface area contributed by atoms with Gasteiger partial charge >= 0.3 is 6.09 Å². The van der Waals surface area contributed by atoms with E-state index in [1.165, 1.54) is 0 Å². The molecule has 0 aliphatic carbocycles. The molecular weight excluding hydrogens is 254 g/mol. The van der Waals surface area contributed by atoms with E-state index in [0.717, 1.165) is 16.6 Å². The molecule has 0 saturated heterocycles. The lowest BCUT2D eigenvalue weighted by Crippen LogP contribution is -2.32. The van der Waals surface area contributed by atoms with Crippen molar-refractivity contribution in [2.24, 2.45) is 0 Å². The molecule has 0 saturated carbocycles. The Labute approximate surface area is 118 Å². The lowest BCUT2D eigenvalue weighted by atomic mass is 10.2. The summed E-state index contributed by atoms with van der Waals surface area (Å²) < 4.78 is 5.17. The van der Waals surface area contributed by atoms with Gasteiger partial charge in [-0.3, -0.25) is 0 Å². The molecule has 0 bridgehead atoms. The maximum Gasteiger partial charge on any atom is 0.408 e. The first-order valence-electron chi connectivity index (χ1n) is 6.54. The Morgan fingerprint density at radius 3 is 2.65 bits per heavy atom. The molecule has 1 amide bonds. The molecule has 0 aliphatic heterocycles. The molecule has 0 atom stereocenters. The van der Waals surface area contributed by atoms with Crippen LogP contribution in [0.5, 0.6) is 0 Å². The van der Waals surface area contributed by atoms with Gasteiger partial charge in [0.15, 0.2) is 0 Å². The van der Waals surface area contributed by atoms with Gasteiger partial charge in [-0.25, -0.2) is 14.8 Å². The van der Waals surface area contributed by atoms with Crippen LogP contribution in [0.2, 0.25) is 0 Å². The average Bonchev–Trinajstić information content (AvgIpc) is 2.34. The summed E-state index contributed by atoms with van der Waals surface area (Å²) in [5, 5.41) is 3.68. The van der Waals surface area contributed by atoms with E-state index in [4.69, 9.17) is 4.74 Å². The van der Waals surface area contributed by atoms with E-state index >= 15 is 0 Å². The first-order valence-corrected chi connectivity index (χ1v) is 6.54. The number of amides is 1. The average molecular weight is 273 g/mol. The van der Waals surface area contributed by atoms with Crippen LogP contribution in [0.3, 0.4) is 0 Å². The van der Waals surface area contributed by atoms with Crippen LogP contribution < -0.4 is 5.32 Å². The van der Waals surface area contributed by atoms with Crippen molar-refractivity contribution in [1.29, 1.82) is 0 Å². The van der Waals surface area contributed by atoms with Crippen LogP contribution >= 0.6 is 0 Å². The van der Waals surface area contributed by atoms with E-state index in [2.05, 4.69) is 15.3 Å². The topological polar surface area (TPSA) is 64.1 Å². The number of alkyl carbamates (subject to hydrolysis) is 1. The number of nitrogens with one attached hydrogen (secondary N) is 1. The first-order chi connectivity index (χ1) is 9.35. The monoisotopic (exact) mass is 273 g/mol. The largest absolute Gasteiger partial charge is 0.444 e. The van der Waals surface area contributed by atoms with Crippen molar-refractivity contribution < 1.29 is 9.53 Å². The van der Waals surface area contributed by atoms with E-state index in [9.17, 15) is 4.79 Å². The summed E-state index contributed by atoms with van der Waals surface area (Å²) in [5.41, 5.74) is 1.27. The Hall–Kier alpha value is -2.17. The summed E-state index contributed by atoms with van der Waals surface area (Å²) in [6.07, 6.45) is -0.466. The highest BCUT2D eigenvalue weighted by Crippen LogP contribution is 2.14. The molecule has 0 fully saturated rings. The zero-order chi connectivity index (χ0) is 14.8. The number of benzene rings is 1. The number of rotatable bonds is 2.